The predicted molar refractivity (Wildman–Crippen MR) is 136 cm³/mol. The van der Waals surface area contributed by atoms with Crippen molar-refractivity contribution in [1.82, 2.24) is 0 Å². The first-order valence-electron chi connectivity index (χ1n) is 12.0. The van der Waals surface area contributed by atoms with Crippen molar-refractivity contribution in [2.45, 2.75) is 115 Å². The molecule has 1 aliphatic heterocycles. The van der Waals surface area contributed by atoms with Gasteiger partial charge in [-0.3, -0.25) is 14.6 Å². The minimum atomic E-state index is -5.10. The Morgan fingerprint density at radius 2 is 1.28 bits per heavy atom. The van der Waals surface area contributed by atoms with Crippen molar-refractivity contribution in [3.05, 3.63) is 11.5 Å². The first kappa shape index (κ1) is 38.5. The van der Waals surface area contributed by atoms with Crippen LogP contribution in [0.2, 0.25) is 0 Å². The van der Waals surface area contributed by atoms with Crippen molar-refractivity contribution >= 4 is 78.9 Å². The van der Waals surface area contributed by atoms with Gasteiger partial charge in [-0.05, 0) is 12.8 Å². The number of hydrogen-bond acceptors (Lipinski definition) is 8. The van der Waals surface area contributed by atoms with Crippen molar-refractivity contribution < 1.29 is 53.6 Å². The number of rotatable bonds is 20. The maximum absolute atomic E-state index is 11.6. The number of ether oxygens (including phenoxy) is 1. The van der Waals surface area contributed by atoms with E-state index in [4.69, 9.17) is 14.9 Å². The van der Waals surface area contributed by atoms with Crippen LogP contribution in [0.25, 0.3) is 0 Å². The molecule has 0 aliphatic carbocycles. The van der Waals surface area contributed by atoms with Crippen molar-refractivity contribution in [1.29, 1.82) is 0 Å². The second-order valence-electron chi connectivity index (χ2n) is 8.71. The zero-order valence-electron chi connectivity index (χ0n) is 19.5. The molecule has 36 heavy (non-hydrogen) atoms. The van der Waals surface area contributed by atoms with Crippen LogP contribution in [-0.4, -0.2) is 120 Å². The van der Waals surface area contributed by atoms with Gasteiger partial charge in [-0.15, -0.1) is 0 Å². The summed E-state index contributed by atoms with van der Waals surface area (Å²) in [5.74, 6) is -4.08. The zero-order valence-corrected chi connectivity index (χ0v) is 20.4. The number of carboxylic acid groups (broad SMARTS) is 1. The number of phosphoric acid groups is 1. The van der Waals surface area contributed by atoms with E-state index in [0.717, 1.165) is 57.8 Å². The molecular weight excluding hydrogens is 517 g/mol. The molecule has 0 radical (unpaired) electrons. The van der Waals surface area contributed by atoms with E-state index in [1.807, 2.05) is 0 Å². The number of hydrogen-bond donors (Lipinski definition) is 6. The summed E-state index contributed by atoms with van der Waals surface area (Å²) in [5.41, 5.74) is 0. The molecule has 11 nitrogen and oxygen atoms in total. The molecule has 0 amide bonds. The summed E-state index contributed by atoms with van der Waals surface area (Å²) in [6.45, 7) is 0. The average molecular weight is 559 g/mol. The number of aliphatic hydroxyl groups is 3. The molecule has 202 valence electrons. The van der Waals surface area contributed by atoms with Gasteiger partial charge in [-0.2, -0.15) is 0 Å². The molecule has 0 saturated heterocycles. The number of carbonyl (C=O) groups excluding carboxylic acids is 1. The minimum absolute atomic E-state index is 0. The molecule has 0 aromatic rings. The third-order valence-electron chi connectivity index (χ3n) is 5.73. The van der Waals surface area contributed by atoms with Crippen LogP contribution >= 0.6 is 7.82 Å². The first-order valence-corrected chi connectivity index (χ1v) is 13.5. The second kappa shape index (κ2) is 21.2. The molecule has 14 heteroatoms. The molecule has 3 atom stereocenters. The maximum atomic E-state index is 11.6. The Hall–Kier alpha value is 0.350. The summed E-state index contributed by atoms with van der Waals surface area (Å²) in [6.07, 6.45) is 9.23. The number of phosphoric ester groups is 1. The molecule has 1 aliphatic rings. The third-order valence-corrected chi connectivity index (χ3v) is 6.15. The molecule has 0 aromatic heterocycles. The Morgan fingerprint density at radius 1 is 0.861 bits per heavy atom. The molecule has 0 saturated carbocycles. The van der Waals surface area contributed by atoms with Crippen LogP contribution in [0.15, 0.2) is 11.5 Å². The number of aliphatic carboxylic acids is 1. The van der Waals surface area contributed by atoms with Crippen LogP contribution < -0.4 is 0 Å². The van der Waals surface area contributed by atoms with Crippen LogP contribution in [-0.2, 0) is 23.4 Å². The van der Waals surface area contributed by atoms with E-state index in [-0.39, 0.29) is 72.0 Å². The summed E-state index contributed by atoms with van der Waals surface area (Å²) in [7, 11) is -5.10. The van der Waals surface area contributed by atoms with Gasteiger partial charge >= 0.3 is 78.9 Å². The van der Waals surface area contributed by atoms with Gasteiger partial charge in [-0.25, -0.2) is 9.36 Å². The van der Waals surface area contributed by atoms with Gasteiger partial charge < -0.3 is 29.7 Å². The molecule has 0 spiro atoms. The van der Waals surface area contributed by atoms with Crippen LogP contribution in [0.4, 0.5) is 0 Å². The topological polar surface area (TPSA) is 191 Å². The van der Waals surface area contributed by atoms with Gasteiger partial charge in [0, 0.05) is 6.42 Å². The predicted octanol–water partition coefficient (Wildman–Crippen LogP) is 2.15. The number of carbonyl (C=O) groups is 2. The van der Waals surface area contributed by atoms with E-state index < -0.39 is 49.6 Å². The Labute approximate surface area is 256 Å². The number of carboxylic acids is 1. The summed E-state index contributed by atoms with van der Waals surface area (Å²) in [6, 6.07) is 0. The molecule has 0 aromatic carbocycles. The second-order valence-corrected chi connectivity index (χ2v) is 9.87. The number of esters is 1. The van der Waals surface area contributed by atoms with Crippen LogP contribution in [0.3, 0.4) is 0 Å². The summed E-state index contributed by atoms with van der Waals surface area (Å²) in [5, 5.41) is 38.7. The van der Waals surface area contributed by atoms with Crippen molar-refractivity contribution in [3.63, 3.8) is 0 Å². The van der Waals surface area contributed by atoms with E-state index in [2.05, 4.69) is 9.26 Å². The van der Waals surface area contributed by atoms with Crippen LogP contribution in [0.5, 0.6) is 0 Å². The standard InChI is InChI=1S/C22H39O11P.2Na.2H/c23-16(18(26)20-19(27)21(22(28)32-20)33-34(29,30)31)14-12-10-8-6-4-2-1-3-5-7-9-11-13-15-17(24)25;;;;/h16,18,20,23,26-27H,1-15H2,(H,24,25)(H2,29,30,31);;;;/t16?,18-,20+;;;;/m0..../s1. The van der Waals surface area contributed by atoms with E-state index in [1.54, 1.807) is 0 Å². The van der Waals surface area contributed by atoms with Gasteiger partial charge in [0.05, 0.1) is 6.10 Å². The third kappa shape index (κ3) is 17.0. The van der Waals surface area contributed by atoms with Crippen LogP contribution in [0, 0.1) is 0 Å². The van der Waals surface area contributed by atoms with E-state index >= 15 is 0 Å². The number of unbranched alkanes of at least 4 members (excludes halogenated alkanes) is 12. The Balaban J connectivity index is 0. The summed E-state index contributed by atoms with van der Waals surface area (Å²) >= 11 is 0. The monoisotopic (exact) mass is 558 g/mol. The van der Waals surface area contributed by atoms with Crippen molar-refractivity contribution in [2.75, 3.05) is 0 Å². The van der Waals surface area contributed by atoms with Gasteiger partial charge in [0.15, 0.2) is 11.9 Å². The Kier molecular flexibility index (Phi) is 22.7. The Morgan fingerprint density at radius 3 is 1.69 bits per heavy atom. The van der Waals surface area contributed by atoms with E-state index in [1.165, 1.54) is 19.3 Å². The summed E-state index contributed by atoms with van der Waals surface area (Å²) in [4.78, 5) is 39.5. The van der Waals surface area contributed by atoms with Gasteiger partial charge in [0.1, 0.15) is 6.10 Å². The SMILES string of the molecule is O=C(O)CCCCCCCCCCCCCCCC(O)[C@H](O)[C@H]1OC(=O)C(OP(=O)(O)O)=C1O.[NaH].[NaH]. The molecule has 6 N–H and O–H groups in total. The fourth-order valence-electron chi connectivity index (χ4n) is 3.84. The Bertz CT molecular complexity index is 714. The molecule has 0 fully saturated rings. The fourth-order valence-corrected chi connectivity index (χ4v) is 4.25. The van der Waals surface area contributed by atoms with Gasteiger partial charge in [0.2, 0.25) is 0 Å². The van der Waals surface area contributed by atoms with E-state index in [0.29, 0.717) is 6.42 Å². The van der Waals surface area contributed by atoms with E-state index in [9.17, 15) is 29.5 Å². The van der Waals surface area contributed by atoms with Crippen LogP contribution in [0.1, 0.15) is 96.3 Å². The molecule has 1 unspecified atom stereocenters. The van der Waals surface area contributed by atoms with Crippen molar-refractivity contribution in [3.8, 4) is 0 Å². The number of cyclic esters (lactones) is 1. The number of aliphatic hydroxyl groups excluding tert-OH is 3. The van der Waals surface area contributed by atoms with Crippen molar-refractivity contribution in [2.24, 2.45) is 0 Å². The quantitative estimate of drug-likeness (QED) is 0.0555. The molecule has 0 bridgehead atoms. The fraction of sp³-hybridized carbons (Fsp3) is 0.818. The summed E-state index contributed by atoms with van der Waals surface area (Å²) < 4.78 is 19.6. The zero-order chi connectivity index (χ0) is 25.6. The normalized spacial score (nSPS) is 17.1. The van der Waals surface area contributed by atoms with Gasteiger partial charge in [0.25, 0.3) is 5.76 Å². The average Bonchev–Trinajstić information content (AvgIpc) is 3.02. The first-order chi connectivity index (χ1) is 16.0. The van der Waals surface area contributed by atoms with Gasteiger partial charge in [-0.1, -0.05) is 77.0 Å². The molecule has 1 rings (SSSR count). The molecular formula is C22H41Na2O11P. The molecule has 1 heterocycles.